The molecule has 0 spiro atoms. The Kier molecular flexibility index (Phi) is 6.33. The van der Waals surface area contributed by atoms with Crippen molar-refractivity contribution in [3.8, 4) is 10.6 Å². The molecule has 1 amide bonds. The summed E-state index contributed by atoms with van der Waals surface area (Å²) in [6, 6.07) is 7.10. The van der Waals surface area contributed by atoms with E-state index >= 15 is 0 Å². The minimum atomic E-state index is -2.62. The molecule has 0 atom stereocenters. The molecule has 3 aromatic heterocycles. The van der Waals surface area contributed by atoms with Gasteiger partial charge in [-0.25, -0.2) is 9.97 Å². The number of halogens is 2. The number of alkyl halides is 2. The molecule has 0 saturated carbocycles. The van der Waals surface area contributed by atoms with Crippen LogP contribution in [0, 0.1) is 6.92 Å². The van der Waals surface area contributed by atoms with Crippen LogP contribution in [-0.4, -0.2) is 28.2 Å². The molecule has 0 aromatic carbocycles. The van der Waals surface area contributed by atoms with Gasteiger partial charge in [-0.3, -0.25) is 4.79 Å². The topological polar surface area (TPSA) is 54.9 Å². The number of thiazole rings is 1. The van der Waals surface area contributed by atoms with Crippen molar-refractivity contribution in [2.45, 2.75) is 24.1 Å². The average Bonchev–Trinajstić information content (AvgIpc) is 3.23. The predicted molar refractivity (Wildman–Crippen MR) is 102 cm³/mol. The van der Waals surface area contributed by atoms with E-state index in [1.54, 1.807) is 28.7 Å². The van der Waals surface area contributed by atoms with Crippen molar-refractivity contribution in [2.24, 2.45) is 0 Å². The molecule has 136 valence electrons. The van der Waals surface area contributed by atoms with E-state index in [-0.39, 0.29) is 22.4 Å². The van der Waals surface area contributed by atoms with Gasteiger partial charge in [0.15, 0.2) is 0 Å². The molecule has 0 radical (unpaired) electrons. The number of thioether (sulfide) groups is 1. The second kappa shape index (κ2) is 8.70. The zero-order chi connectivity index (χ0) is 18.5. The molecular formula is C17H15F2N3OS3. The average molecular weight is 412 g/mol. The van der Waals surface area contributed by atoms with Crippen molar-refractivity contribution in [1.29, 1.82) is 0 Å². The lowest BCUT2D eigenvalue weighted by molar-refractivity contribution is 0.0950. The number of carbonyl (C=O) groups excluding carboxylic acids is 1. The van der Waals surface area contributed by atoms with E-state index in [0.29, 0.717) is 13.0 Å². The van der Waals surface area contributed by atoms with E-state index in [1.165, 1.54) is 12.3 Å². The lowest BCUT2D eigenvalue weighted by Crippen LogP contribution is -2.26. The Hall–Kier alpha value is -1.84. The Morgan fingerprint density at radius 3 is 2.92 bits per heavy atom. The smallest absolute Gasteiger partial charge is 0.290 e. The molecule has 0 bridgehead atoms. The lowest BCUT2D eigenvalue weighted by Gasteiger charge is -2.08. The number of hydrogen-bond acceptors (Lipinski definition) is 6. The second-order valence-electron chi connectivity index (χ2n) is 5.26. The van der Waals surface area contributed by atoms with Crippen LogP contribution in [-0.2, 0) is 6.42 Å². The monoisotopic (exact) mass is 411 g/mol. The summed E-state index contributed by atoms with van der Waals surface area (Å²) in [5.74, 6) is -3.01. The lowest BCUT2D eigenvalue weighted by atomic mass is 10.2. The number of nitrogens with zero attached hydrogens (tertiary/aromatic N) is 2. The molecule has 0 aliphatic carbocycles. The molecule has 0 aliphatic rings. The molecule has 0 aliphatic heterocycles. The zero-order valence-corrected chi connectivity index (χ0v) is 16.2. The van der Waals surface area contributed by atoms with E-state index in [0.717, 1.165) is 20.5 Å². The maximum atomic E-state index is 12.6. The Morgan fingerprint density at radius 2 is 2.19 bits per heavy atom. The molecule has 0 unspecified atom stereocenters. The first-order chi connectivity index (χ1) is 12.5. The third-order valence-corrected chi connectivity index (χ3v) is 6.07. The van der Waals surface area contributed by atoms with Gasteiger partial charge in [0.1, 0.15) is 5.03 Å². The first-order valence-electron chi connectivity index (χ1n) is 7.72. The quantitative estimate of drug-likeness (QED) is 0.564. The molecule has 1 N–H and O–H groups in total. The fourth-order valence-electron chi connectivity index (χ4n) is 2.26. The van der Waals surface area contributed by atoms with Gasteiger partial charge in [0.25, 0.3) is 11.7 Å². The Labute approximate surface area is 161 Å². The van der Waals surface area contributed by atoms with E-state index in [9.17, 15) is 13.6 Å². The summed E-state index contributed by atoms with van der Waals surface area (Å²) in [4.78, 5) is 22.8. The van der Waals surface area contributed by atoms with Crippen molar-refractivity contribution in [2.75, 3.05) is 6.54 Å². The van der Waals surface area contributed by atoms with Crippen LogP contribution in [0.4, 0.5) is 8.78 Å². The van der Waals surface area contributed by atoms with Crippen LogP contribution >= 0.6 is 34.4 Å². The maximum Gasteiger partial charge on any atom is 0.290 e. The highest BCUT2D eigenvalue weighted by Gasteiger charge is 2.16. The van der Waals surface area contributed by atoms with Crippen LogP contribution in [0.3, 0.4) is 0 Å². The number of hydrogen-bond donors (Lipinski definition) is 1. The molecule has 3 heterocycles. The van der Waals surface area contributed by atoms with Crippen molar-refractivity contribution < 1.29 is 13.6 Å². The van der Waals surface area contributed by atoms with Crippen LogP contribution in [0.2, 0.25) is 0 Å². The van der Waals surface area contributed by atoms with Gasteiger partial charge in [-0.2, -0.15) is 8.78 Å². The van der Waals surface area contributed by atoms with Gasteiger partial charge in [0.2, 0.25) is 0 Å². The van der Waals surface area contributed by atoms with Gasteiger partial charge in [-0.05, 0) is 49.4 Å². The van der Waals surface area contributed by atoms with Gasteiger partial charge in [-0.1, -0.05) is 0 Å². The Morgan fingerprint density at radius 1 is 1.35 bits per heavy atom. The molecule has 4 nitrogen and oxygen atoms in total. The van der Waals surface area contributed by atoms with Crippen molar-refractivity contribution in [3.63, 3.8) is 0 Å². The van der Waals surface area contributed by atoms with Crippen molar-refractivity contribution in [3.05, 3.63) is 51.3 Å². The van der Waals surface area contributed by atoms with E-state index < -0.39 is 11.7 Å². The standard InChI is InChI=1S/C17H15F2N3OS3/c1-10-22-13(9-24-10)14-5-4-11(25-14)6-8-20-15(23)12-3-2-7-21-16(12)26-17(18)19/h2-5,7,9,17H,6,8H2,1H3,(H,20,23). The predicted octanol–water partition coefficient (Wildman–Crippen LogP) is 4.86. The molecule has 3 aromatic rings. The maximum absolute atomic E-state index is 12.6. The number of rotatable bonds is 7. The van der Waals surface area contributed by atoms with Gasteiger partial charge >= 0.3 is 0 Å². The van der Waals surface area contributed by atoms with Crippen LogP contribution in [0.1, 0.15) is 20.2 Å². The van der Waals surface area contributed by atoms with Crippen LogP contribution in [0.25, 0.3) is 10.6 Å². The SMILES string of the molecule is Cc1nc(-c2ccc(CCNC(=O)c3cccnc3SC(F)F)s2)cs1. The number of amides is 1. The van der Waals surface area contributed by atoms with Crippen LogP contribution in [0.5, 0.6) is 0 Å². The Bertz CT molecular complexity index is 895. The van der Waals surface area contributed by atoms with E-state index in [4.69, 9.17) is 0 Å². The minimum Gasteiger partial charge on any atom is -0.352 e. The molecule has 0 fully saturated rings. The highest BCUT2D eigenvalue weighted by atomic mass is 32.2. The number of aromatic nitrogens is 2. The number of nitrogens with one attached hydrogen (secondary N) is 1. The molecule has 3 rings (SSSR count). The molecule has 9 heteroatoms. The van der Waals surface area contributed by atoms with E-state index in [2.05, 4.69) is 15.3 Å². The highest BCUT2D eigenvalue weighted by molar-refractivity contribution is 7.99. The third kappa shape index (κ3) is 4.87. The van der Waals surface area contributed by atoms with Crippen LogP contribution < -0.4 is 5.32 Å². The van der Waals surface area contributed by atoms with Gasteiger partial charge in [0.05, 0.1) is 21.1 Å². The number of carbonyl (C=O) groups is 1. The van der Waals surface area contributed by atoms with Crippen molar-refractivity contribution >= 4 is 40.3 Å². The molecule has 26 heavy (non-hydrogen) atoms. The van der Waals surface area contributed by atoms with Gasteiger partial charge < -0.3 is 5.32 Å². The molecular weight excluding hydrogens is 396 g/mol. The Balaban J connectivity index is 1.57. The third-order valence-electron chi connectivity index (χ3n) is 3.41. The number of aryl methyl sites for hydroxylation is 1. The summed E-state index contributed by atoms with van der Waals surface area (Å²) in [5, 5.41) is 5.86. The summed E-state index contributed by atoms with van der Waals surface area (Å²) in [6.45, 7) is 2.39. The van der Waals surface area contributed by atoms with Gasteiger partial charge in [-0.15, -0.1) is 22.7 Å². The first kappa shape index (κ1) is 18.9. The fourth-order valence-corrected chi connectivity index (χ4v) is 4.50. The number of thiophene rings is 1. The summed E-state index contributed by atoms with van der Waals surface area (Å²) in [7, 11) is 0. The van der Waals surface area contributed by atoms with Gasteiger partial charge in [0, 0.05) is 23.0 Å². The summed E-state index contributed by atoms with van der Waals surface area (Å²) < 4.78 is 25.1. The summed E-state index contributed by atoms with van der Waals surface area (Å²) in [5.41, 5.74) is 1.14. The largest absolute Gasteiger partial charge is 0.352 e. The molecule has 0 saturated heterocycles. The number of pyridine rings is 1. The normalized spacial score (nSPS) is 11.1. The first-order valence-corrected chi connectivity index (χ1v) is 10.3. The fraction of sp³-hybridized carbons (Fsp3) is 0.235. The summed E-state index contributed by atoms with van der Waals surface area (Å²) >= 11 is 3.52. The second-order valence-corrected chi connectivity index (χ2v) is 8.47. The van der Waals surface area contributed by atoms with Crippen molar-refractivity contribution in [1.82, 2.24) is 15.3 Å². The summed E-state index contributed by atoms with van der Waals surface area (Å²) in [6.07, 6.45) is 2.06. The van der Waals surface area contributed by atoms with Crippen LogP contribution in [0.15, 0.2) is 40.9 Å². The van der Waals surface area contributed by atoms with E-state index in [1.807, 2.05) is 24.4 Å². The highest BCUT2D eigenvalue weighted by Crippen LogP contribution is 2.29. The zero-order valence-electron chi connectivity index (χ0n) is 13.7. The minimum absolute atomic E-state index is 0.0392.